The van der Waals surface area contributed by atoms with Crippen LogP contribution in [0.5, 0.6) is 11.5 Å². The lowest BCUT2D eigenvalue weighted by molar-refractivity contribution is 0.0953. The smallest absolute Gasteiger partial charge is 0.274 e. The molecule has 0 fully saturated rings. The number of furan rings is 1. The summed E-state index contributed by atoms with van der Waals surface area (Å²) < 4.78 is 16.8. The number of halogens is 1. The number of amides is 1. The number of hydrogen-bond donors (Lipinski definition) is 1. The number of aryl methyl sites for hydroxylation is 2. The molecule has 3 aromatic rings. The van der Waals surface area contributed by atoms with Gasteiger partial charge in [0.05, 0.1) is 25.2 Å². The van der Waals surface area contributed by atoms with E-state index in [-0.39, 0.29) is 11.8 Å². The lowest BCUT2D eigenvalue weighted by atomic mass is 10.0. The van der Waals surface area contributed by atoms with Crippen LogP contribution in [0.3, 0.4) is 0 Å². The molecule has 0 saturated heterocycles. The first-order chi connectivity index (χ1) is 15.3. The minimum atomic E-state index is -0.330. The van der Waals surface area contributed by atoms with Crippen molar-refractivity contribution in [3.05, 3.63) is 81.3 Å². The summed E-state index contributed by atoms with van der Waals surface area (Å²) in [5.41, 5.74) is 6.62. The predicted octanol–water partition coefficient (Wildman–Crippen LogP) is 6.02. The second-order valence-electron chi connectivity index (χ2n) is 7.74. The number of hydrazone groups is 1. The highest BCUT2D eigenvalue weighted by Gasteiger charge is 2.13. The van der Waals surface area contributed by atoms with Gasteiger partial charge in [-0.1, -0.05) is 25.4 Å². The molecule has 2 aromatic carbocycles. The van der Waals surface area contributed by atoms with Crippen molar-refractivity contribution in [1.82, 2.24) is 5.43 Å². The number of ether oxygens (including phenoxy) is 2. The lowest BCUT2D eigenvalue weighted by Gasteiger charge is -2.17. The Balaban J connectivity index is 1.75. The fourth-order valence-corrected chi connectivity index (χ4v) is 3.41. The normalized spacial score (nSPS) is 11.2. The highest BCUT2D eigenvalue weighted by atomic mass is 35.5. The third kappa shape index (κ3) is 5.51. The van der Waals surface area contributed by atoms with Crippen LogP contribution in [-0.2, 0) is 6.61 Å². The molecule has 0 radical (unpaired) electrons. The number of benzene rings is 2. The number of rotatable bonds is 8. The molecular weight excluding hydrogens is 428 g/mol. The zero-order chi connectivity index (χ0) is 23.3. The molecule has 1 aromatic heterocycles. The molecule has 0 bridgehead atoms. The van der Waals surface area contributed by atoms with Crippen LogP contribution in [0, 0.1) is 13.8 Å². The minimum Gasteiger partial charge on any atom is -0.496 e. The molecule has 1 amide bonds. The van der Waals surface area contributed by atoms with Gasteiger partial charge in [-0.3, -0.25) is 4.79 Å². The molecule has 168 valence electrons. The molecule has 0 spiro atoms. The van der Waals surface area contributed by atoms with Crippen LogP contribution in [0.15, 0.2) is 52.2 Å². The Morgan fingerprint density at radius 1 is 1.19 bits per heavy atom. The van der Waals surface area contributed by atoms with E-state index >= 15 is 0 Å². The van der Waals surface area contributed by atoms with Gasteiger partial charge in [0.25, 0.3) is 5.91 Å². The van der Waals surface area contributed by atoms with Crippen LogP contribution in [0.4, 0.5) is 0 Å². The second-order valence-corrected chi connectivity index (χ2v) is 8.15. The average molecular weight is 455 g/mol. The summed E-state index contributed by atoms with van der Waals surface area (Å²) in [7, 11) is 1.62. The van der Waals surface area contributed by atoms with E-state index < -0.39 is 0 Å². The Labute approximate surface area is 193 Å². The molecule has 0 atom stereocenters. The fraction of sp³-hybridized carbons (Fsp3) is 0.280. The number of nitrogens with zero attached hydrogens (tertiary/aromatic N) is 1. The summed E-state index contributed by atoms with van der Waals surface area (Å²) in [5.74, 6) is 1.98. The number of methoxy groups -OCH3 is 1. The first kappa shape index (κ1) is 23.4. The number of hydrogen-bond acceptors (Lipinski definition) is 5. The molecule has 0 aliphatic carbocycles. The summed E-state index contributed by atoms with van der Waals surface area (Å²) in [4.78, 5) is 12.1. The Morgan fingerprint density at radius 3 is 2.62 bits per heavy atom. The van der Waals surface area contributed by atoms with Crippen LogP contribution < -0.4 is 14.9 Å². The van der Waals surface area contributed by atoms with Crippen molar-refractivity contribution in [2.45, 2.75) is 40.2 Å². The van der Waals surface area contributed by atoms with Crippen molar-refractivity contribution in [3.63, 3.8) is 0 Å². The fourth-order valence-electron chi connectivity index (χ4n) is 3.24. The van der Waals surface area contributed by atoms with E-state index in [0.717, 1.165) is 33.0 Å². The molecule has 0 saturated carbocycles. The third-order valence-corrected chi connectivity index (χ3v) is 5.49. The minimum absolute atomic E-state index is 0.269. The Morgan fingerprint density at radius 2 is 1.97 bits per heavy atom. The monoisotopic (exact) mass is 454 g/mol. The van der Waals surface area contributed by atoms with Gasteiger partial charge in [0.15, 0.2) is 0 Å². The van der Waals surface area contributed by atoms with Crippen LogP contribution in [0.25, 0.3) is 0 Å². The highest BCUT2D eigenvalue weighted by molar-refractivity contribution is 6.31. The van der Waals surface area contributed by atoms with Gasteiger partial charge in [0, 0.05) is 10.6 Å². The standard InChI is InChI=1S/C25H27ClN2O4/c1-15(2)21-12-22(26)16(3)10-24(21)32-14-19-11-18(6-7-23(19)30-5)13-27-28-25(29)20-8-9-31-17(20)4/h6-13,15H,14H2,1-5H3,(H,28,29)/b27-13-. The summed E-state index contributed by atoms with van der Waals surface area (Å²) in [5, 5.41) is 4.78. The van der Waals surface area contributed by atoms with Crippen molar-refractivity contribution < 1.29 is 18.7 Å². The van der Waals surface area contributed by atoms with E-state index in [1.165, 1.54) is 6.26 Å². The van der Waals surface area contributed by atoms with Crippen molar-refractivity contribution in [1.29, 1.82) is 0 Å². The van der Waals surface area contributed by atoms with Gasteiger partial charge < -0.3 is 13.9 Å². The Hall–Kier alpha value is -3.25. The maximum atomic E-state index is 12.1. The first-order valence-electron chi connectivity index (χ1n) is 10.3. The molecule has 3 rings (SSSR count). The SMILES string of the molecule is COc1ccc(/C=N\NC(=O)c2ccoc2C)cc1COc1cc(C)c(Cl)cc1C(C)C. The Kier molecular flexibility index (Phi) is 7.59. The van der Waals surface area contributed by atoms with Crippen molar-refractivity contribution >= 4 is 23.7 Å². The van der Waals surface area contributed by atoms with Gasteiger partial charge in [-0.25, -0.2) is 5.43 Å². The molecule has 32 heavy (non-hydrogen) atoms. The predicted molar refractivity (Wildman–Crippen MR) is 126 cm³/mol. The highest BCUT2D eigenvalue weighted by Crippen LogP contribution is 2.33. The topological polar surface area (TPSA) is 73.1 Å². The van der Waals surface area contributed by atoms with Crippen molar-refractivity contribution in [2.24, 2.45) is 5.10 Å². The largest absolute Gasteiger partial charge is 0.496 e. The summed E-state index contributed by atoms with van der Waals surface area (Å²) in [6, 6.07) is 11.1. The van der Waals surface area contributed by atoms with Crippen molar-refractivity contribution in [2.75, 3.05) is 7.11 Å². The van der Waals surface area contributed by atoms with Crippen LogP contribution in [-0.4, -0.2) is 19.2 Å². The molecule has 0 aliphatic rings. The Bertz CT molecular complexity index is 1130. The summed E-state index contributed by atoms with van der Waals surface area (Å²) >= 11 is 6.30. The zero-order valence-electron chi connectivity index (χ0n) is 18.9. The van der Waals surface area contributed by atoms with Crippen LogP contribution in [0.1, 0.15) is 58.1 Å². The number of nitrogens with one attached hydrogen (secondary N) is 1. The molecule has 1 N–H and O–H groups in total. The van der Waals surface area contributed by atoms with Crippen LogP contribution >= 0.6 is 11.6 Å². The summed E-state index contributed by atoms with van der Waals surface area (Å²) in [6.07, 6.45) is 3.04. The van der Waals surface area contributed by atoms with Gasteiger partial charge in [0.2, 0.25) is 0 Å². The van der Waals surface area contributed by atoms with Gasteiger partial charge in [-0.15, -0.1) is 0 Å². The lowest BCUT2D eigenvalue weighted by Crippen LogP contribution is -2.17. The molecule has 1 heterocycles. The summed E-state index contributed by atoms with van der Waals surface area (Å²) in [6.45, 7) is 8.19. The maximum absolute atomic E-state index is 12.1. The molecule has 6 nitrogen and oxygen atoms in total. The van der Waals surface area contributed by atoms with E-state index in [4.69, 9.17) is 25.5 Å². The molecule has 0 unspecified atom stereocenters. The van der Waals surface area contributed by atoms with E-state index in [1.54, 1.807) is 26.3 Å². The molecular formula is C25H27ClN2O4. The van der Waals surface area contributed by atoms with E-state index in [0.29, 0.717) is 23.7 Å². The first-order valence-corrected chi connectivity index (χ1v) is 10.6. The van der Waals surface area contributed by atoms with Gasteiger partial charge in [-0.05, 0) is 72.9 Å². The van der Waals surface area contributed by atoms with E-state index in [1.807, 2.05) is 37.3 Å². The number of carbonyl (C=O) groups excluding carboxylic acids is 1. The van der Waals surface area contributed by atoms with Gasteiger partial charge in [0.1, 0.15) is 23.9 Å². The maximum Gasteiger partial charge on any atom is 0.274 e. The zero-order valence-corrected chi connectivity index (χ0v) is 19.6. The van der Waals surface area contributed by atoms with Crippen LogP contribution in [0.2, 0.25) is 5.02 Å². The molecule has 0 aliphatic heterocycles. The van der Waals surface area contributed by atoms with Gasteiger partial charge >= 0.3 is 0 Å². The number of carbonyl (C=O) groups is 1. The quantitative estimate of drug-likeness (QED) is 0.333. The second kappa shape index (κ2) is 10.4. The molecule has 7 heteroatoms. The van der Waals surface area contributed by atoms with Gasteiger partial charge in [-0.2, -0.15) is 5.10 Å². The van der Waals surface area contributed by atoms with E-state index in [9.17, 15) is 4.79 Å². The van der Waals surface area contributed by atoms with Crippen molar-refractivity contribution in [3.8, 4) is 11.5 Å². The third-order valence-electron chi connectivity index (χ3n) is 5.08. The average Bonchev–Trinajstić information content (AvgIpc) is 3.20. The van der Waals surface area contributed by atoms with E-state index in [2.05, 4.69) is 24.4 Å².